The van der Waals surface area contributed by atoms with Crippen LogP contribution in [0, 0.1) is 5.82 Å². The first-order chi connectivity index (χ1) is 17.4. The number of amides is 3. The zero-order chi connectivity index (χ0) is 25.7. The molecule has 3 aromatic rings. The van der Waals surface area contributed by atoms with E-state index < -0.39 is 11.7 Å². The first-order valence-corrected chi connectivity index (χ1v) is 11.7. The molecule has 8 nitrogen and oxygen atoms in total. The molecule has 0 atom stereocenters. The summed E-state index contributed by atoms with van der Waals surface area (Å²) in [6.45, 7) is 2.38. The van der Waals surface area contributed by atoms with Gasteiger partial charge in [-0.3, -0.25) is 14.9 Å². The lowest BCUT2D eigenvalue weighted by Gasteiger charge is -2.39. The van der Waals surface area contributed by atoms with E-state index in [1.165, 1.54) is 23.1 Å². The first-order valence-electron chi connectivity index (χ1n) is 11.3. The fraction of sp³-hybridized carbons (Fsp3) is 0.231. The second-order valence-corrected chi connectivity index (χ2v) is 8.66. The Kier molecular flexibility index (Phi) is 7.92. The maximum atomic E-state index is 13.8. The molecule has 1 heterocycles. The van der Waals surface area contributed by atoms with E-state index in [9.17, 15) is 14.0 Å². The van der Waals surface area contributed by atoms with Crippen molar-refractivity contribution in [3.05, 3.63) is 88.7 Å². The van der Waals surface area contributed by atoms with Crippen LogP contribution in [0.1, 0.15) is 15.9 Å². The van der Waals surface area contributed by atoms with E-state index in [-0.39, 0.29) is 23.2 Å². The topological polar surface area (TPSA) is 85.4 Å². The SMILES string of the molecule is COc1ccccc1N1CCN(C(=O)N(Cc2ccc(C(=O)NO)cc2)c2ccc(F)c(Cl)c2)CC1. The van der Waals surface area contributed by atoms with Crippen LogP contribution < -0.4 is 20.0 Å². The number of anilines is 2. The molecule has 0 saturated carbocycles. The largest absolute Gasteiger partial charge is 0.495 e. The molecule has 1 saturated heterocycles. The van der Waals surface area contributed by atoms with E-state index in [4.69, 9.17) is 21.5 Å². The van der Waals surface area contributed by atoms with E-state index in [0.29, 0.717) is 31.9 Å². The van der Waals surface area contributed by atoms with E-state index in [1.807, 2.05) is 24.3 Å². The van der Waals surface area contributed by atoms with Gasteiger partial charge >= 0.3 is 6.03 Å². The van der Waals surface area contributed by atoms with Gasteiger partial charge < -0.3 is 14.5 Å². The molecule has 0 spiro atoms. The van der Waals surface area contributed by atoms with Crippen molar-refractivity contribution in [2.75, 3.05) is 43.1 Å². The lowest BCUT2D eigenvalue weighted by molar-refractivity contribution is 0.0706. The van der Waals surface area contributed by atoms with Gasteiger partial charge in [0, 0.05) is 37.4 Å². The van der Waals surface area contributed by atoms with E-state index in [0.717, 1.165) is 17.0 Å². The van der Waals surface area contributed by atoms with Crippen molar-refractivity contribution in [1.29, 1.82) is 0 Å². The van der Waals surface area contributed by atoms with Crippen LogP contribution in [0.2, 0.25) is 5.02 Å². The molecule has 2 N–H and O–H groups in total. The van der Waals surface area contributed by atoms with Gasteiger partial charge in [-0.05, 0) is 48.0 Å². The number of para-hydroxylation sites is 2. The predicted molar refractivity (Wildman–Crippen MR) is 135 cm³/mol. The number of rotatable bonds is 6. The summed E-state index contributed by atoms with van der Waals surface area (Å²) in [6.07, 6.45) is 0. The number of piperazine rings is 1. The van der Waals surface area contributed by atoms with E-state index >= 15 is 0 Å². The Bertz CT molecular complexity index is 1230. The smallest absolute Gasteiger partial charge is 0.324 e. The summed E-state index contributed by atoms with van der Waals surface area (Å²) < 4.78 is 19.3. The molecule has 0 unspecified atom stereocenters. The number of carbonyl (C=O) groups is 2. The van der Waals surface area contributed by atoms with Crippen LogP contribution in [0.4, 0.5) is 20.6 Å². The summed E-state index contributed by atoms with van der Waals surface area (Å²) in [7, 11) is 1.63. The van der Waals surface area contributed by atoms with Crippen LogP contribution >= 0.6 is 11.6 Å². The molecule has 0 aromatic heterocycles. The standard InChI is InChI=1S/C26H26ClFN4O4/c1-36-24-5-3-2-4-23(24)30-12-14-31(15-13-30)26(34)32(20-10-11-22(28)21(27)16-20)17-18-6-8-19(9-7-18)25(33)29-35/h2-11,16,35H,12-15,17H2,1H3,(H,29,33). The van der Waals surface area contributed by atoms with Gasteiger partial charge in [0.15, 0.2) is 0 Å². The van der Waals surface area contributed by atoms with Crippen LogP contribution in [0.3, 0.4) is 0 Å². The minimum atomic E-state index is -0.632. The average molecular weight is 513 g/mol. The molecule has 0 bridgehead atoms. The van der Waals surface area contributed by atoms with Gasteiger partial charge in [-0.1, -0.05) is 35.9 Å². The molecule has 4 rings (SSSR count). The lowest BCUT2D eigenvalue weighted by Crippen LogP contribution is -2.53. The van der Waals surface area contributed by atoms with Gasteiger partial charge in [0.05, 0.1) is 24.4 Å². The van der Waals surface area contributed by atoms with E-state index in [1.54, 1.807) is 41.8 Å². The highest BCUT2D eigenvalue weighted by molar-refractivity contribution is 6.31. The van der Waals surface area contributed by atoms with Crippen molar-refractivity contribution in [2.24, 2.45) is 0 Å². The maximum Gasteiger partial charge on any atom is 0.324 e. The summed E-state index contributed by atoms with van der Waals surface area (Å²) >= 11 is 6.03. The second kappa shape index (κ2) is 11.3. The van der Waals surface area contributed by atoms with Gasteiger partial charge in [0.1, 0.15) is 11.6 Å². The molecule has 3 aromatic carbocycles. The van der Waals surface area contributed by atoms with Crippen molar-refractivity contribution in [3.63, 3.8) is 0 Å². The number of halogens is 2. The van der Waals surface area contributed by atoms with Gasteiger partial charge in [0.2, 0.25) is 0 Å². The molecular formula is C26H26ClFN4O4. The molecule has 10 heteroatoms. The van der Waals surface area contributed by atoms with Crippen molar-refractivity contribution < 1.29 is 23.9 Å². The van der Waals surface area contributed by atoms with Gasteiger partial charge in [-0.2, -0.15) is 0 Å². The van der Waals surface area contributed by atoms with Crippen LogP contribution in [-0.4, -0.2) is 55.3 Å². The number of hydroxylamine groups is 1. The van der Waals surface area contributed by atoms with Crippen LogP contribution in [0.25, 0.3) is 0 Å². The third-order valence-electron chi connectivity index (χ3n) is 6.08. The number of nitrogens with zero attached hydrogens (tertiary/aromatic N) is 3. The summed E-state index contributed by atoms with van der Waals surface area (Å²) in [4.78, 5) is 30.7. The lowest BCUT2D eigenvalue weighted by atomic mass is 10.1. The van der Waals surface area contributed by atoms with E-state index in [2.05, 4.69) is 4.90 Å². The summed E-state index contributed by atoms with van der Waals surface area (Å²) in [5, 5.41) is 8.74. The highest BCUT2D eigenvalue weighted by Crippen LogP contribution is 2.29. The van der Waals surface area contributed by atoms with Crippen LogP contribution in [0.15, 0.2) is 66.7 Å². The zero-order valence-electron chi connectivity index (χ0n) is 19.7. The molecular weight excluding hydrogens is 487 g/mol. The van der Waals surface area contributed by atoms with Crippen molar-refractivity contribution in [2.45, 2.75) is 6.54 Å². The summed E-state index contributed by atoms with van der Waals surface area (Å²) in [5.41, 5.74) is 4.03. The number of ether oxygens (including phenoxy) is 1. The van der Waals surface area contributed by atoms with Crippen molar-refractivity contribution in [1.82, 2.24) is 10.4 Å². The molecule has 36 heavy (non-hydrogen) atoms. The van der Waals surface area contributed by atoms with Gasteiger partial charge in [-0.25, -0.2) is 14.7 Å². The normalized spacial score (nSPS) is 13.3. The minimum absolute atomic E-state index is 0.0822. The second-order valence-electron chi connectivity index (χ2n) is 8.25. The Labute approximate surface area is 213 Å². The quantitative estimate of drug-likeness (QED) is 0.374. The number of nitrogens with one attached hydrogen (secondary N) is 1. The Morgan fingerprint density at radius 2 is 1.75 bits per heavy atom. The third kappa shape index (κ3) is 5.53. The summed E-state index contributed by atoms with van der Waals surface area (Å²) in [5.74, 6) is -0.427. The Balaban J connectivity index is 1.54. The molecule has 1 aliphatic rings. The molecule has 0 aliphatic carbocycles. The zero-order valence-corrected chi connectivity index (χ0v) is 20.4. The molecule has 3 amide bonds. The summed E-state index contributed by atoms with van der Waals surface area (Å²) in [6, 6.07) is 18.2. The number of benzene rings is 3. The number of methoxy groups -OCH3 is 1. The third-order valence-corrected chi connectivity index (χ3v) is 6.37. The van der Waals surface area contributed by atoms with Crippen molar-refractivity contribution in [3.8, 4) is 5.75 Å². The molecule has 188 valence electrons. The highest BCUT2D eigenvalue weighted by Gasteiger charge is 2.28. The monoisotopic (exact) mass is 512 g/mol. The minimum Gasteiger partial charge on any atom is -0.495 e. The number of carbonyl (C=O) groups excluding carboxylic acids is 2. The van der Waals surface area contributed by atoms with Crippen LogP contribution in [-0.2, 0) is 6.54 Å². The van der Waals surface area contributed by atoms with Crippen molar-refractivity contribution >= 4 is 34.9 Å². The Morgan fingerprint density at radius 3 is 2.39 bits per heavy atom. The van der Waals surface area contributed by atoms with Gasteiger partial charge in [0.25, 0.3) is 5.91 Å². The number of hydrogen-bond acceptors (Lipinski definition) is 5. The molecule has 1 fully saturated rings. The maximum absolute atomic E-state index is 13.8. The fourth-order valence-corrected chi connectivity index (χ4v) is 4.31. The van der Waals surface area contributed by atoms with Crippen LogP contribution in [0.5, 0.6) is 5.75 Å². The Hall–Kier alpha value is -3.82. The average Bonchev–Trinajstić information content (AvgIpc) is 2.93. The molecule has 0 radical (unpaired) electrons. The number of urea groups is 1. The predicted octanol–water partition coefficient (Wildman–Crippen LogP) is 4.56. The molecule has 1 aliphatic heterocycles. The first kappa shape index (κ1) is 25.3. The number of hydrogen-bond donors (Lipinski definition) is 2. The fourth-order valence-electron chi connectivity index (χ4n) is 4.13. The van der Waals surface area contributed by atoms with Gasteiger partial charge in [-0.15, -0.1) is 0 Å². The highest BCUT2D eigenvalue weighted by atomic mass is 35.5. The Morgan fingerprint density at radius 1 is 1.06 bits per heavy atom.